The number of phosphoric acid groups is 1. The van der Waals surface area contributed by atoms with Crippen LogP contribution in [0.5, 0.6) is 0 Å². The Balaban J connectivity index is 5.41. The molecule has 0 rings (SSSR count). The van der Waals surface area contributed by atoms with Gasteiger partial charge in [0.25, 0.3) is 7.82 Å². The number of carbonyl (C=O) groups excluding carboxylic acids is 2. The van der Waals surface area contributed by atoms with Crippen LogP contribution in [0, 0.1) is 0 Å². The first kappa shape index (κ1) is 69.2. The summed E-state index contributed by atoms with van der Waals surface area (Å²) in [5.74, 6) is -0.594. The van der Waals surface area contributed by atoms with Crippen LogP contribution in [-0.4, -0.2) is 69.4 Å². The third-order valence-corrected chi connectivity index (χ3v) is 13.5. The summed E-state index contributed by atoms with van der Waals surface area (Å²) in [5, 5.41) is 3.00. The van der Waals surface area contributed by atoms with Crippen LogP contribution >= 0.6 is 7.82 Å². The van der Waals surface area contributed by atoms with E-state index in [9.17, 15) is 19.0 Å². The topological polar surface area (TPSA) is 114 Å². The van der Waals surface area contributed by atoms with E-state index in [4.69, 9.17) is 13.8 Å². The van der Waals surface area contributed by atoms with Crippen LogP contribution in [0.3, 0.4) is 0 Å². The molecule has 3 atom stereocenters. The van der Waals surface area contributed by atoms with Gasteiger partial charge in [0, 0.05) is 12.8 Å². The van der Waals surface area contributed by atoms with E-state index in [1.54, 1.807) is 0 Å². The van der Waals surface area contributed by atoms with Gasteiger partial charge in [-0.3, -0.25) is 14.2 Å². The Morgan fingerprint density at radius 1 is 0.500 bits per heavy atom. The van der Waals surface area contributed by atoms with Crippen molar-refractivity contribution in [3.05, 3.63) is 85.1 Å². The molecule has 0 heterocycles. The van der Waals surface area contributed by atoms with Crippen LogP contribution in [-0.2, 0) is 27.9 Å². The lowest BCUT2D eigenvalue weighted by Crippen LogP contribution is -2.47. The number of esters is 1. The zero-order chi connectivity index (χ0) is 52.9. The molecule has 0 saturated carbocycles. The van der Waals surface area contributed by atoms with Crippen LogP contribution < -0.4 is 10.2 Å². The van der Waals surface area contributed by atoms with Crippen LogP contribution in [0.1, 0.15) is 245 Å². The Morgan fingerprint density at radius 3 is 1.39 bits per heavy atom. The number of likely N-dealkylation sites (N-methyl/N-ethyl adjacent to an activating group) is 1. The Kier molecular flexibility index (Phi) is 49.6. The van der Waals surface area contributed by atoms with Crippen LogP contribution in [0.2, 0.25) is 0 Å². The molecule has 0 aromatic rings. The number of hydrogen-bond acceptors (Lipinski definition) is 7. The minimum Gasteiger partial charge on any atom is -0.756 e. The van der Waals surface area contributed by atoms with Gasteiger partial charge in [-0.2, -0.15) is 0 Å². The number of hydrogen-bond donors (Lipinski definition) is 1. The largest absolute Gasteiger partial charge is 0.756 e. The summed E-state index contributed by atoms with van der Waals surface area (Å²) in [6.07, 6.45) is 66.8. The first-order valence-corrected chi connectivity index (χ1v) is 30.9. The second-order valence-corrected chi connectivity index (χ2v) is 22.2. The van der Waals surface area contributed by atoms with Gasteiger partial charge in [-0.05, 0) is 102 Å². The van der Waals surface area contributed by atoms with Gasteiger partial charge >= 0.3 is 5.97 Å². The molecule has 0 fully saturated rings. The van der Waals surface area contributed by atoms with Crippen molar-refractivity contribution in [2.75, 3.05) is 40.9 Å². The monoisotopic (exact) mass is 1030 g/mol. The lowest BCUT2D eigenvalue weighted by atomic mass is 10.0. The number of rotatable bonds is 52. The zero-order valence-electron chi connectivity index (χ0n) is 47.4. The van der Waals surface area contributed by atoms with E-state index in [1.807, 2.05) is 33.3 Å². The molecule has 0 aliphatic rings. The van der Waals surface area contributed by atoms with E-state index < -0.39 is 26.6 Å². The van der Waals surface area contributed by atoms with Gasteiger partial charge in [-0.25, -0.2) is 0 Å². The number of allylic oxidation sites excluding steroid dienone is 13. The number of carbonyl (C=O) groups is 2. The molecule has 0 aromatic carbocycles. The molecule has 0 aliphatic heterocycles. The van der Waals surface area contributed by atoms with E-state index in [-0.39, 0.29) is 31.3 Å². The Bertz CT molecular complexity index is 1510. The number of amides is 1. The highest BCUT2D eigenvalue weighted by Crippen LogP contribution is 2.38. The minimum atomic E-state index is -4.71. The maximum Gasteiger partial charge on any atom is 0.306 e. The van der Waals surface area contributed by atoms with Crippen molar-refractivity contribution in [3.63, 3.8) is 0 Å². The fraction of sp³-hybridized carbons (Fsp3) is 0.742. The van der Waals surface area contributed by atoms with Crippen molar-refractivity contribution in [2.24, 2.45) is 0 Å². The molecule has 1 amide bonds. The standard InChI is InChI=1S/C62H111N2O7P/c1-7-10-13-16-19-22-25-28-30-31-32-33-35-36-39-42-45-48-51-54-61(65)63-59(58-70-72(67,68)69-57-56-64(4,5)6)60(53-50-47-44-41-38-27-24-21-18-15-12-9-3)71-62(66)55-52-49-46-43-40-37-34-29-26-23-20-17-14-11-8-2/h19-20,22-23,26,28-30,32-33,36,39,50,53,59-60H,7-18,21,24-25,27,31,34-35,37-38,40-49,51-52,54-58H2,1-6H3,(H-,63,65,67,68)/b22-19-,23-20+,29-26+,30-28-,33-32-,39-36-,53-50-. The molecule has 9 nitrogen and oxygen atoms in total. The fourth-order valence-electron chi connectivity index (χ4n) is 7.97. The molecule has 0 saturated heterocycles. The first-order chi connectivity index (χ1) is 34.9. The molecule has 3 unspecified atom stereocenters. The summed E-state index contributed by atoms with van der Waals surface area (Å²) in [5.41, 5.74) is 0. The second kappa shape index (κ2) is 51.7. The van der Waals surface area contributed by atoms with Crippen LogP contribution in [0.15, 0.2) is 85.1 Å². The first-order valence-electron chi connectivity index (χ1n) is 29.4. The van der Waals surface area contributed by atoms with E-state index in [2.05, 4.69) is 99.0 Å². The van der Waals surface area contributed by atoms with Crippen molar-refractivity contribution >= 4 is 19.7 Å². The summed E-state index contributed by atoms with van der Waals surface area (Å²) in [7, 11) is 1.15. The highest BCUT2D eigenvalue weighted by molar-refractivity contribution is 7.45. The SMILES string of the molecule is CCCCC/C=C\C/C=C\C/C=C\C/C=C\CCCCCC(=O)NC(COP(=O)([O-])OCC[N+](C)(C)C)C(/C=C\CCCCCCCCCCCC)OC(=O)CCCCCCCC/C=C/C=C/CCCCC. The van der Waals surface area contributed by atoms with E-state index in [0.29, 0.717) is 23.9 Å². The molecule has 416 valence electrons. The molecule has 0 aromatic heterocycles. The van der Waals surface area contributed by atoms with Crippen LogP contribution in [0.4, 0.5) is 0 Å². The lowest BCUT2D eigenvalue weighted by molar-refractivity contribution is -0.870. The van der Waals surface area contributed by atoms with Crippen LogP contribution in [0.25, 0.3) is 0 Å². The van der Waals surface area contributed by atoms with Gasteiger partial charge in [0.2, 0.25) is 5.91 Å². The lowest BCUT2D eigenvalue weighted by Gasteiger charge is -2.30. The highest BCUT2D eigenvalue weighted by Gasteiger charge is 2.27. The van der Waals surface area contributed by atoms with E-state index in [1.165, 1.54) is 96.3 Å². The van der Waals surface area contributed by atoms with Gasteiger partial charge in [0.05, 0.1) is 33.8 Å². The molecule has 0 spiro atoms. The number of quaternary nitrogens is 1. The third kappa shape index (κ3) is 52.1. The molecule has 1 N–H and O–H groups in total. The Labute approximate surface area is 444 Å². The quantitative estimate of drug-likeness (QED) is 0.0161. The molecule has 0 bridgehead atoms. The predicted molar refractivity (Wildman–Crippen MR) is 307 cm³/mol. The zero-order valence-corrected chi connectivity index (χ0v) is 48.3. The normalized spacial score (nSPS) is 14.4. The van der Waals surface area contributed by atoms with Gasteiger partial charge in [-0.1, -0.05) is 215 Å². The number of nitrogens with zero attached hydrogens (tertiary/aromatic N) is 1. The number of unbranched alkanes of at least 4 members (excludes halogenated alkanes) is 25. The number of phosphoric ester groups is 1. The van der Waals surface area contributed by atoms with Crippen molar-refractivity contribution in [2.45, 2.75) is 258 Å². The number of nitrogens with one attached hydrogen (secondary N) is 1. The molecule has 10 heteroatoms. The maximum absolute atomic E-state index is 13.5. The van der Waals surface area contributed by atoms with E-state index >= 15 is 0 Å². The molecule has 0 aliphatic carbocycles. The van der Waals surface area contributed by atoms with Gasteiger partial charge in [0.1, 0.15) is 19.3 Å². The third-order valence-electron chi connectivity index (χ3n) is 12.6. The predicted octanol–water partition coefficient (Wildman–Crippen LogP) is 17.2. The van der Waals surface area contributed by atoms with Gasteiger partial charge in [-0.15, -0.1) is 0 Å². The van der Waals surface area contributed by atoms with Crippen molar-refractivity contribution in [1.29, 1.82) is 0 Å². The number of ether oxygens (including phenoxy) is 1. The van der Waals surface area contributed by atoms with Crippen molar-refractivity contribution in [1.82, 2.24) is 5.32 Å². The minimum absolute atomic E-state index is 0.0343. The van der Waals surface area contributed by atoms with E-state index in [0.717, 1.165) is 103 Å². The second-order valence-electron chi connectivity index (χ2n) is 20.8. The van der Waals surface area contributed by atoms with Crippen molar-refractivity contribution < 1.29 is 37.3 Å². The average Bonchev–Trinajstić information content (AvgIpc) is 3.34. The summed E-state index contributed by atoms with van der Waals surface area (Å²) in [6.45, 7) is 6.74. The molecular weight excluding hydrogens is 916 g/mol. The summed E-state index contributed by atoms with van der Waals surface area (Å²) >= 11 is 0. The molecular formula is C62H111N2O7P. The summed E-state index contributed by atoms with van der Waals surface area (Å²) < 4.78 is 30.2. The Morgan fingerprint density at radius 2 is 0.889 bits per heavy atom. The summed E-state index contributed by atoms with van der Waals surface area (Å²) in [6, 6.07) is -0.913. The Hall–Kier alpha value is -2.81. The average molecular weight is 1030 g/mol. The smallest absolute Gasteiger partial charge is 0.306 e. The van der Waals surface area contributed by atoms with Gasteiger partial charge in [0.15, 0.2) is 0 Å². The maximum atomic E-state index is 13.5. The molecule has 0 radical (unpaired) electrons. The van der Waals surface area contributed by atoms with Crippen molar-refractivity contribution in [3.8, 4) is 0 Å². The highest BCUT2D eigenvalue weighted by atomic mass is 31.2. The molecule has 72 heavy (non-hydrogen) atoms. The fourth-order valence-corrected chi connectivity index (χ4v) is 8.69. The van der Waals surface area contributed by atoms with Gasteiger partial charge < -0.3 is 28.5 Å². The summed E-state index contributed by atoms with van der Waals surface area (Å²) in [4.78, 5) is 39.9.